The number of fused-ring (bicyclic) bond motifs is 1. The third kappa shape index (κ3) is 4.74. The van der Waals surface area contributed by atoms with E-state index in [9.17, 15) is 24.5 Å². The molecule has 162 valence electrons. The lowest BCUT2D eigenvalue weighted by molar-refractivity contribution is -0.385. The van der Waals surface area contributed by atoms with Crippen LogP contribution in [0.3, 0.4) is 0 Å². The summed E-state index contributed by atoms with van der Waals surface area (Å²) in [4.78, 5) is 48.7. The van der Waals surface area contributed by atoms with E-state index >= 15 is 0 Å². The second-order valence-electron chi connectivity index (χ2n) is 7.52. The first-order valence-electron chi connectivity index (χ1n) is 9.91. The van der Waals surface area contributed by atoms with Crippen molar-refractivity contribution in [3.05, 3.63) is 67.7 Å². The Morgan fingerprint density at radius 2 is 1.87 bits per heavy atom. The van der Waals surface area contributed by atoms with Crippen LogP contribution >= 0.6 is 11.6 Å². The number of halogens is 1. The van der Waals surface area contributed by atoms with Crippen molar-refractivity contribution in [1.29, 1.82) is 0 Å². The Balaban J connectivity index is 1.49. The van der Waals surface area contributed by atoms with Gasteiger partial charge in [0.1, 0.15) is 5.56 Å². The van der Waals surface area contributed by atoms with Crippen molar-refractivity contribution in [2.45, 2.75) is 39.5 Å². The number of nitrogens with one attached hydrogen (secondary N) is 1. The number of hydrogen-bond acceptors (Lipinski definition) is 5. The van der Waals surface area contributed by atoms with Gasteiger partial charge < -0.3 is 5.32 Å². The zero-order chi connectivity index (χ0) is 22.7. The number of nitro benzene ring substituents is 1. The fraction of sp³-hybridized carbons (Fsp3) is 0.318. The van der Waals surface area contributed by atoms with Gasteiger partial charge in [-0.1, -0.05) is 30.2 Å². The maximum atomic E-state index is 12.5. The highest BCUT2D eigenvalue weighted by atomic mass is 35.5. The maximum Gasteiger partial charge on any atom is 0.282 e. The summed E-state index contributed by atoms with van der Waals surface area (Å²) in [6.07, 6.45) is 1.95. The molecular formula is C22H22ClN3O5. The Labute approximate surface area is 184 Å². The van der Waals surface area contributed by atoms with Crippen LogP contribution < -0.4 is 5.32 Å². The number of aryl methyl sites for hydroxylation is 2. The zero-order valence-corrected chi connectivity index (χ0v) is 18.0. The standard InChI is InChI=1S/C22H22ClN3O5/c1-13-11-14(2)20(16(23)12-13)24-18(27)9-4-3-5-10-25-21(28)15-7-6-8-17(26(30)31)19(15)22(25)29/h6-8,11-12H,3-5,9-10H2,1-2H3,(H,24,27). The SMILES string of the molecule is Cc1cc(C)c(NC(=O)CCCCCN2C(=O)c3cccc([N+](=O)[O-])c3C2=O)c(Cl)c1. The Hall–Kier alpha value is -3.26. The summed E-state index contributed by atoms with van der Waals surface area (Å²) >= 11 is 6.21. The predicted molar refractivity (Wildman–Crippen MR) is 116 cm³/mol. The summed E-state index contributed by atoms with van der Waals surface area (Å²) < 4.78 is 0. The van der Waals surface area contributed by atoms with E-state index in [2.05, 4.69) is 5.32 Å². The topological polar surface area (TPSA) is 110 Å². The highest BCUT2D eigenvalue weighted by Gasteiger charge is 2.40. The molecule has 1 heterocycles. The molecule has 0 unspecified atom stereocenters. The third-order valence-electron chi connectivity index (χ3n) is 5.16. The molecule has 0 aliphatic carbocycles. The molecule has 31 heavy (non-hydrogen) atoms. The largest absolute Gasteiger partial charge is 0.325 e. The van der Waals surface area contributed by atoms with Gasteiger partial charge in [-0.15, -0.1) is 0 Å². The molecule has 0 fully saturated rings. The number of anilines is 1. The van der Waals surface area contributed by atoms with Crippen LogP contribution in [-0.2, 0) is 4.79 Å². The Bertz CT molecular complexity index is 1060. The van der Waals surface area contributed by atoms with Gasteiger partial charge in [-0.2, -0.15) is 0 Å². The molecule has 0 saturated heterocycles. The van der Waals surface area contributed by atoms with Crippen molar-refractivity contribution >= 4 is 40.7 Å². The van der Waals surface area contributed by atoms with Gasteiger partial charge in [0.15, 0.2) is 0 Å². The van der Waals surface area contributed by atoms with E-state index in [1.807, 2.05) is 19.9 Å². The number of unbranched alkanes of at least 4 members (excludes halogenated alkanes) is 2. The quantitative estimate of drug-likeness (QED) is 0.276. The fourth-order valence-electron chi connectivity index (χ4n) is 3.68. The molecule has 3 amide bonds. The molecule has 0 saturated carbocycles. The van der Waals surface area contributed by atoms with Gasteiger partial charge in [0.05, 0.1) is 21.2 Å². The summed E-state index contributed by atoms with van der Waals surface area (Å²) in [7, 11) is 0. The lowest BCUT2D eigenvalue weighted by atomic mass is 10.1. The van der Waals surface area contributed by atoms with Crippen molar-refractivity contribution in [2.75, 3.05) is 11.9 Å². The van der Waals surface area contributed by atoms with Crippen molar-refractivity contribution < 1.29 is 19.3 Å². The number of hydrogen-bond donors (Lipinski definition) is 1. The molecule has 8 nitrogen and oxygen atoms in total. The molecule has 1 aliphatic heterocycles. The molecule has 0 radical (unpaired) electrons. The van der Waals surface area contributed by atoms with Crippen LogP contribution in [-0.4, -0.2) is 34.1 Å². The molecule has 0 bridgehead atoms. The van der Waals surface area contributed by atoms with E-state index in [4.69, 9.17) is 11.6 Å². The molecule has 1 aliphatic rings. The average Bonchev–Trinajstić information content (AvgIpc) is 2.95. The Kier molecular flexibility index (Phi) is 6.70. The molecule has 3 rings (SSSR count). The van der Waals surface area contributed by atoms with Crippen LogP contribution in [0.2, 0.25) is 5.02 Å². The number of rotatable bonds is 8. The van der Waals surface area contributed by atoms with Crippen molar-refractivity contribution in [3.8, 4) is 0 Å². The minimum Gasteiger partial charge on any atom is -0.325 e. The van der Waals surface area contributed by atoms with Crippen LogP contribution in [0.15, 0.2) is 30.3 Å². The Morgan fingerprint density at radius 3 is 2.55 bits per heavy atom. The van der Waals surface area contributed by atoms with Crippen LogP contribution in [0.5, 0.6) is 0 Å². The van der Waals surface area contributed by atoms with Crippen LogP contribution in [0.1, 0.15) is 57.5 Å². The molecule has 9 heteroatoms. The lowest BCUT2D eigenvalue weighted by Crippen LogP contribution is -2.30. The second-order valence-corrected chi connectivity index (χ2v) is 7.92. The Morgan fingerprint density at radius 1 is 1.13 bits per heavy atom. The molecular weight excluding hydrogens is 422 g/mol. The second kappa shape index (κ2) is 9.26. The number of carbonyl (C=O) groups is 3. The minimum absolute atomic E-state index is 0.0592. The first-order chi connectivity index (χ1) is 14.7. The number of amides is 3. The smallest absolute Gasteiger partial charge is 0.282 e. The van der Waals surface area contributed by atoms with Crippen molar-refractivity contribution in [1.82, 2.24) is 4.90 Å². The molecule has 1 N–H and O–H groups in total. The number of nitrogens with zero attached hydrogens (tertiary/aromatic N) is 2. The number of imide groups is 1. The summed E-state index contributed by atoms with van der Waals surface area (Å²) in [6.45, 7) is 3.95. The predicted octanol–water partition coefficient (Wildman–Crippen LogP) is 4.66. The van der Waals surface area contributed by atoms with Crippen molar-refractivity contribution in [2.24, 2.45) is 0 Å². The summed E-state index contributed by atoms with van der Waals surface area (Å²) in [5.74, 6) is -1.33. The van der Waals surface area contributed by atoms with Crippen LogP contribution in [0.25, 0.3) is 0 Å². The highest BCUT2D eigenvalue weighted by Crippen LogP contribution is 2.31. The number of benzene rings is 2. The van der Waals surface area contributed by atoms with Gasteiger partial charge in [0, 0.05) is 19.0 Å². The lowest BCUT2D eigenvalue weighted by Gasteiger charge is -2.14. The molecule has 0 atom stereocenters. The minimum atomic E-state index is -0.659. The van der Waals surface area contributed by atoms with Crippen LogP contribution in [0, 0.1) is 24.0 Å². The van der Waals surface area contributed by atoms with E-state index in [-0.39, 0.29) is 35.7 Å². The molecule has 0 aromatic heterocycles. The van der Waals surface area contributed by atoms with E-state index < -0.39 is 16.7 Å². The van der Waals surface area contributed by atoms with Gasteiger partial charge in [0.25, 0.3) is 17.5 Å². The molecule has 0 spiro atoms. The van der Waals surface area contributed by atoms with E-state index in [1.165, 1.54) is 18.2 Å². The van der Waals surface area contributed by atoms with Gasteiger partial charge in [-0.3, -0.25) is 29.4 Å². The van der Waals surface area contributed by atoms with E-state index in [1.54, 1.807) is 6.07 Å². The van der Waals surface area contributed by atoms with E-state index in [0.717, 1.165) is 16.0 Å². The third-order valence-corrected chi connectivity index (χ3v) is 5.45. The normalized spacial score (nSPS) is 12.8. The summed E-state index contributed by atoms with van der Waals surface area (Å²) in [6, 6.07) is 7.76. The van der Waals surface area contributed by atoms with Crippen molar-refractivity contribution in [3.63, 3.8) is 0 Å². The fourth-order valence-corrected chi connectivity index (χ4v) is 4.05. The first kappa shape index (κ1) is 22.4. The number of nitro groups is 1. The number of carbonyl (C=O) groups excluding carboxylic acids is 3. The molecule has 2 aromatic carbocycles. The first-order valence-corrected chi connectivity index (χ1v) is 10.3. The van der Waals surface area contributed by atoms with Gasteiger partial charge >= 0.3 is 0 Å². The maximum absolute atomic E-state index is 12.5. The highest BCUT2D eigenvalue weighted by molar-refractivity contribution is 6.34. The summed E-state index contributed by atoms with van der Waals surface area (Å²) in [5.41, 5.74) is 2.05. The zero-order valence-electron chi connectivity index (χ0n) is 17.2. The van der Waals surface area contributed by atoms with Gasteiger partial charge in [-0.25, -0.2) is 0 Å². The summed E-state index contributed by atoms with van der Waals surface area (Å²) in [5, 5.41) is 14.5. The van der Waals surface area contributed by atoms with Crippen LogP contribution in [0.4, 0.5) is 11.4 Å². The van der Waals surface area contributed by atoms with Gasteiger partial charge in [-0.05, 0) is 49.9 Å². The molecule has 2 aromatic rings. The average molecular weight is 444 g/mol. The monoisotopic (exact) mass is 443 g/mol. The van der Waals surface area contributed by atoms with Gasteiger partial charge in [0.2, 0.25) is 5.91 Å². The van der Waals surface area contributed by atoms with E-state index in [0.29, 0.717) is 30.0 Å².